The predicted octanol–water partition coefficient (Wildman–Crippen LogP) is 1.84. The average molecular weight is 324 g/mol. The molecule has 0 aliphatic heterocycles. The van der Waals surface area contributed by atoms with Gasteiger partial charge in [0.05, 0.1) is 16.7 Å². The summed E-state index contributed by atoms with van der Waals surface area (Å²) in [7, 11) is 1.85. The number of aromatic nitrogens is 3. The molecule has 6 heteroatoms. The van der Waals surface area contributed by atoms with Gasteiger partial charge in [-0.25, -0.2) is 4.79 Å². The van der Waals surface area contributed by atoms with Crippen LogP contribution in [0.3, 0.4) is 0 Å². The standard InChI is InChI=1S/C13H14BrN3O2/c1-8-12(14)9(2)17(13(19)15-8)7-11(18)10-4-5-16(3)6-10/h4-6H,7H2,1-3H3. The first-order valence-corrected chi connectivity index (χ1v) is 6.58. The van der Waals surface area contributed by atoms with E-state index >= 15 is 0 Å². The molecule has 0 fully saturated rings. The van der Waals surface area contributed by atoms with Crippen LogP contribution in [0.15, 0.2) is 27.7 Å². The lowest BCUT2D eigenvalue weighted by molar-refractivity contribution is 0.0969. The van der Waals surface area contributed by atoms with Gasteiger partial charge in [0.1, 0.15) is 0 Å². The molecule has 2 aromatic heterocycles. The Hall–Kier alpha value is -1.69. The summed E-state index contributed by atoms with van der Waals surface area (Å²) in [6.07, 6.45) is 3.53. The van der Waals surface area contributed by atoms with Gasteiger partial charge in [0.2, 0.25) is 0 Å². The van der Waals surface area contributed by atoms with E-state index in [1.807, 2.05) is 7.05 Å². The fraction of sp³-hybridized carbons (Fsp3) is 0.308. The summed E-state index contributed by atoms with van der Waals surface area (Å²) in [4.78, 5) is 27.9. The second-order valence-corrected chi connectivity index (χ2v) is 5.25. The first-order valence-electron chi connectivity index (χ1n) is 5.79. The molecule has 0 bridgehead atoms. The highest BCUT2D eigenvalue weighted by atomic mass is 79.9. The molecule has 0 unspecified atom stereocenters. The summed E-state index contributed by atoms with van der Waals surface area (Å²) in [5, 5.41) is 0. The number of rotatable bonds is 3. The molecule has 2 rings (SSSR count). The van der Waals surface area contributed by atoms with Gasteiger partial charge in [-0.1, -0.05) is 0 Å². The van der Waals surface area contributed by atoms with Gasteiger partial charge in [-0.15, -0.1) is 0 Å². The first-order chi connectivity index (χ1) is 8.90. The van der Waals surface area contributed by atoms with Crippen LogP contribution in [-0.2, 0) is 13.6 Å². The molecular formula is C13H14BrN3O2. The molecule has 0 radical (unpaired) electrons. The fourth-order valence-electron chi connectivity index (χ4n) is 1.87. The quantitative estimate of drug-likeness (QED) is 0.810. The minimum Gasteiger partial charge on any atom is -0.357 e. The van der Waals surface area contributed by atoms with E-state index in [0.717, 1.165) is 4.47 Å². The number of Topliss-reactive ketones (excluding diaryl/α,β-unsaturated/α-hetero) is 1. The molecule has 19 heavy (non-hydrogen) atoms. The number of nitrogens with zero attached hydrogens (tertiary/aromatic N) is 3. The van der Waals surface area contributed by atoms with Crippen LogP contribution in [0.4, 0.5) is 0 Å². The lowest BCUT2D eigenvalue weighted by Gasteiger charge is -2.10. The third-order valence-corrected chi connectivity index (χ3v) is 4.14. The summed E-state index contributed by atoms with van der Waals surface area (Å²) in [6, 6.07) is 1.74. The van der Waals surface area contributed by atoms with Crippen LogP contribution in [0.2, 0.25) is 0 Å². The van der Waals surface area contributed by atoms with Crippen molar-refractivity contribution < 1.29 is 4.79 Å². The van der Waals surface area contributed by atoms with Crippen LogP contribution in [0.25, 0.3) is 0 Å². The topological polar surface area (TPSA) is 56.9 Å². The van der Waals surface area contributed by atoms with E-state index in [9.17, 15) is 9.59 Å². The molecule has 0 aromatic carbocycles. The highest BCUT2D eigenvalue weighted by molar-refractivity contribution is 9.10. The van der Waals surface area contributed by atoms with Crippen molar-refractivity contribution in [3.8, 4) is 0 Å². The first kappa shape index (κ1) is 13.7. The SMILES string of the molecule is Cc1nc(=O)n(CC(=O)c2ccn(C)c2)c(C)c1Br. The molecule has 0 spiro atoms. The number of halogens is 1. The van der Waals surface area contributed by atoms with Crippen LogP contribution < -0.4 is 5.69 Å². The number of hydrogen-bond acceptors (Lipinski definition) is 3. The third kappa shape index (κ3) is 2.68. The van der Waals surface area contributed by atoms with Gasteiger partial charge in [-0.05, 0) is 35.8 Å². The van der Waals surface area contributed by atoms with E-state index in [4.69, 9.17) is 0 Å². The van der Waals surface area contributed by atoms with Gasteiger partial charge in [0, 0.05) is 30.7 Å². The Morgan fingerprint density at radius 2 is 2.11 bits per heavy atom. The van der Waals surface area contributed by atoms with Crippen LogP contribution in [0.5, 0.6) is 0 Å². The lowest BCUT2D eigenvalue weighted by atomic mass is 10.2. The van der Waals surface area contributed by atoms with Crippen LogP contribution in [-0.4, -0.2) is 19.9 Å². The van der Waals surface area contributed by atoms with Crippen LogP contribution in [0.1, 0.15) is 21.7 Å². The van der Waals surface area contributed by atoms with E-state index in [1.54, 1.807) is 36.9 Å². The van der Waals surface area contributed by atoms with Crippen LogP contribution in [0, 0.1) is 13.8 Å². The van der Waals surface area contributed by atoms with Crippen molar-refractivity contribution in [3.63, 3.8) is 0 Å². The Morgan fingerprint density at radius 3 is 2.68 bits per heavy atom. The Bertz CT molecular complexity index is 700. The second-order valence-electron chi connectivity index (χ2n) is 4.45. The molecule has 0 saturated carbocycles. The van der Waals surface area contributed by atoms with Crippen molar-refractivity contribution >= 4 is 21.7 Å². The number of carbonyl (C=O) groups is 1. The highest BCUT2D eigenvalue weighted by Crippen LogP contribution is 2.17. The van der Waals surface area contributed by atoms with E-state index in [-0.39, 0.29) is 12.3 Å². The maximum Gasteiger partial charge on any atom is 0.348 e. The van der Waals surface area contributed by atoms with Gasteiger partial charge >= 0.3 is 5.69 Å². The average Bonchev–Trinajstić information content (AvgIpc) is 2.78. The maximum absolute atomic E-state index is 12.1. The zero-order chi connectivity index (χ0) is 14.2. The molecule has 100 valence electrons. The molecule has 2 aromatic rings. The number of aryl methyl sites for hydroxylation is 2. The van der Waals surface area contributed by atoms with Gasteiger partial charge in [0.25, 0.3) is 0 Å². The second kappa shape index (κ2) is 5.13. The minimum atomic E-state index is -0.400. The maximum atomic E-state index is 12.1. The van der Waals surface area contributed by atoms with Crippen molar-refractivity contribution in [1.82, 2.24) is 14.1 Å². The molecule has 0 saturated heterocycles. The summed E-state index contributed by atoms with van der Waals surface area (Å²) >= 11 is 3.38. The van der Waals surface area contributed by atoms with Crippen molar-refractivity contribution in [2.45, 2.75) is 20.4 Å². The Morgan fingerprint density at radius 1 is 1.42 bits per heavy atom. The normalized spacial score (nSPS) is 10.7. The summed E-state index contributed by atoms with van der Waals surface area (Å²) in [6.45, 7) is 3.54. The highest BCUT2D eigenvalue weighted by Gasteiger charge is 2.14. The van der Waals surface area contributed by atoms with Crippen LogP contribution >= 0.6 is 15.9 Å². The van der Waals surface area contributed by atoms with Gasteiger partial charge < -0.3 is 4.57 Å². The monoisotopic (exact) mass is 323 g/mol. The zero-order valence-electron chi connectivity index (χ0n) is 11.0. The smallest absolute Gasteiger partial charge is 0.348 e. The zero-order valence-corrected chi connectivity index (χ0v) is 12.6. The Labute approximate surface area is 119 Å². The lowest BCUT2D eigenvalue weighted by Crippen LogP contribution is -2.29. The summed E-state index contributed by atoms with van der Waals surface area (Å²) < 4.78 is 3.94. The minimum absolute atomic E-state index is 0.000556. The number of ketones is 1. The third-order valence-electron chi connectivity index (χ3n) is 2.99. The van der Waals surface area contributed by atoms with Gasteiger partial charge in [-0.3, -0.25) is 9.36 Å². The predicted molar refractivity (Wildman–Crippen MR) is 75.4 cm³/mol. The van der Waals surface area contributed by atoms with E-state index in [0.29, 0.717) is 17.0 Å². The molecule has 0 aliphatic rings. The molecule has 0 aliphatic carbocycles. The molecular weight excluding hydrogens is 310 g/mol. The molecule has 0 atom stereocenters. The summed E-state index contributed by atoms with van der Waals surface area (Å²) in [5.41, 5.74) is 1.53. The number of hydrogen-bond donors (Lipinski definition) is 0. The van der Waals surface area contributed by atoms with Crippen molar-refractivity contribution in [2.24, 2.45) is 7.05 Å². The van der Waals surface area contributed by atoms with E-state index in [2.05, 4.69) is 20.9 Å². The van der Waals surface area contributed by atoms with Gasteiger partial charge in [0.15, 0.2) is 5.78 Å². The van der Waals surface area contributed by atoms with Crippen molar-refractivity contribution in [2.75, 3.05) is 0 Å². The van der Waals surface area contributed by atoms with Gasteiger partial charge in [-0.2, -0.15) is 4.98 Å². The fourth-order valence-corrected chi connectivity index (χ4v) is 2.17. The number of carbonyl (C=O) groups excluding carboxylic acids is 1. The Balaban J connectivity index is 2.37. The Kier molecular flexibility index (Phi) is 3.71. The molecule has 0 amide bonds. The van der Waals surface area contributed by atoms with Crippen molar-refractivity contribution in [3.05, 3.63) is 50.4 Å². The molecule has 0 N–H and O–H groups in total. The molecule has 5 nitrogen and oxygen atoms in total. The summed E-state index contributed by atoms with van der Waals surface area (Å²) in [5.74, 6) is -0.108. The van der Waals surface area contributed by atoms with Crippen molar-refractivity contribution in [1.29, 1.82) is 0 Å². The van der Waals surface area contributed by atoms with E-state index < -0.39 is 5.69 Å². The van der Waals surface area contributed by atoms with E-state index in [1.165, 1.54) is 4.57 Å². The largest absolute Gasteiger partial charge is 0.357 e. The molecule has 2 heterocycles.